The van der Waals surface area contributed by atoms with E-state index in [1.54, 1.807) is 0 Å². The number of rotatable bonds is 5. The summed E-state index contributed by atoms with van der Waals surface area (Å²) in [6.07, 6.45) is 1.90. The van der Waals surface area contributed by atoms with Crippen molar-refractivity contribution in [2.75, 3.05) is 11.9 Å². The van der Waals surface area contributed by atoms with E-state index in [4.69, 9.17) is 0 Å². The summed E-state index contributed by atoms with van der Waals surface area (Å²) in [4.78, 5) is 9.15. The zero-order chi connectivity index (χ0) is 15.4. The van der Waals surface area contributed by atoms with Gasteiger partial charge in [-0.25, -0.2) is 14.4 Å². The maximum Gasteiger partial charge on any atom is 0.161 e. The number of hydrogen-bond acceptors (Lipinski definition) is 3. The highest BCUT2D eigenvalue weighted by molar-refractivity contribution is 5.60. The first-order valence-corrected chi connectivity index (χ1v) is 7.44. The highest BCUT2D eigenvalue weighted by atomic mass is 19.1. The molecule has 4 heteroatoms. The largest absolute Gasteiger partial charge is 0.370 e. The first-order chi connectivity index (χ1) is 10.0. The smallest absolute Gasteiger partial charge is 0.161 e. The minimum atomic E-state index is -0.256. The molecule has 0 saturated carbocycles. The van der Waals surface area contributed by atoms with Crippen molar-refractivity contribution in [2.45, 2.75) is 40.5 Å². The van der Waals surface area contributed by atoms with E-state index >= 15 is 0 Å². The van der Waals surface area contributed by atoms with Crippen LogP contribution in [0.1, 0.15) is 37.1 Å². The number of aryl methyl sites for hydroxylation is 2. The third-order valence-electron chi connectivity index (χ3n) is 3.41. The van der Waals surface area contributed by atoms with E-state index in [1.807, 2.05) is 19.9 Å². The number of aromatic nitrogens is 2. The lowest BCUT2D eigenvalue weighted by atomic mass is 10.1. The number of halogens is 1. The molecular formula is C17H22FN3. The number of nitrogens with one attached hydrogen (secondary N) is 1. The number of nitrogens with zero attached hydrogens (tertiary/aromatic N) is 2. The molecule has 0 fully saturated rings. The van der Waals surface area contributed by atoms with Gasteiger partial charge < -0.3 is 5.32 Å². The summed E-state index contributed by atoms with van der Waals surface area (Å²) in [5, 5.41) is 3.35. The zero-order valence-electron chi connectivity index (χ0n) is 13.1. The van der Waals surface area contributed by atoms with Crippen LogP contribution in [0.2, 0.25) is 0 Å². The zero-order valence-corrected chi connectivity index (χ0v) is 13.1. The lowest BCUT2D eigenvalue weighted by Gasteiger charge is -2.14. The van der Waals surface area contributed by atoms with Gasteiger partial charge in [-0.2, -0.15) is 0 Å². The van der Waals surface area contributed by atoms with Crippen molar-refractivity contribution in [3.63, 3.8) is 0 Å². The summed E-state index contributed by atoms with van der Waals surface area (Å²) in [6.45, 7) is 8.92. The van der Waals surface area contributed by atoms with E-state index in [0.717, 1.165) is 47.6 Å². The van der Waals surface area contributed by atoms with Gasteiger partial charge in [0.25, 0.3) is 0 Å². The fraction of sp³-hybridized carbons (Fsp3) is 0.412. The molecule has 1 N–H and O–H groups in total. The molecule has 0 aliphatic heterocycles. The Labute approximate surface area is 125 Å². The van der Waals surface area contributed by atoms with E-state index in [0.29, 0.717) is 5.82 Å². The van der Waals surface area contributed by atoms with E-state index in [9.17, 15) is 4.39 Å². The number of benzene rings is 1. The number of anilines is 1. The van der Waals surface area contributed by atoms with Gasteiger partial charge in [0.2, 0.25) is 0 Å². The molecule has 0 radical (unpaired) electrons. The lowest BCUT2D eigenvalue weighted by molar-refractivity contribution is 0.627. The molecule has 1 heterocycles. The van der Waals surface area contributed by atoms with Crippen LogP contribution < -0.4 is 5.32 Å². The van der Waals surface area contributed by atoms with E-state index < -0.39 is 0 Å². The summed E-state index contributed by atoms with van der Waals surface area (Å²) < 4.78 is 13.6. The Balaban J connectivity index is 2.51. The summed E-state index contributed by atoms with van der Waals surface area (Å²) in [5.41, 5.74) is 3.66. The SMILES string of the molecule is CCCNc1nc(-c2cc(C)cc(F)c2)nc(C)c1CC. The molecule has 1 aromatic carbocycles. The van der Waals surface area contributed by atoms with E-state index in [1.165, 1.54) is 12.1 Å². The normalized spacial score (nSPS) is 10.7. The van der Waals surface area contributed by atoms with Gasteiger partial charge in [0.15, 0.2) is 5.82 Å². The summed E-state index contributed by atoms with van der Waals surface area (Å²) in [7, 11) is 0. The molecule has 3 nitrogen and oxygen atoms in total. The molecule has 1 aromatic heterocycles. The Morgan fingerprint density at radius 1 is 1.10 bits per heavy atom. The van der Waals surface area contributed by atoms with Crippen LogP contribution in [0.25, 0.3) is 11.4 Å². The third kappa shape index (κ3) is 3.57. The van der Waals surface area contributed by atoms with Gasteiger partial charge in [-0.05, 0) is 50.5 Å². The maximum atomic E-state index is 13.6. The van der Waals surface area contributed by atoms with Gasteiger partial charge in [0, 0.05) is 23.4 Å². The van der Waals surface area contributed by atoms with Gasteiger partial charge >= 0.3 is 0 Å². The average Bonchev–Trinajstić information content (AvgIpc) is 2.43. The quantitative estimate of drug-likeness (QED) is 0.891. The molecule has 112 valence electrons. The fourth-order valence-corrected chi connectivity index (χ4v) is 2.40. The third-order valence-corrected chi connectivity index (χ3v) is 3.41. The molecule has 2 aromatic rings. The topological polar surface area (TPSA) is 37.8 Å². The summed E-state index contributed by atoms with van der Waals surface area (Å²) in [5.74, 6) is 1.18. The Morgan fingerprint density at radius 3 is 2.48 bits per heavy atom. The molecule has 0 atom stereocenters. The molecular weight excluding hydrogens is 265 g/mol. The van der Waals surface area contributed by atoms with E-state index in [-0.39, 0.29) is 5.82 Å². The minimum absolute atomic E-state index is 0.256. The van der Waals surface area contributed by atoms with Crippen molar-refractivity contribution in [1.82, 2.24) is 9.97 Å². The van der Waals surface area contributed by atoms with Crippen molar-refractivity contribution in [3.05, 3.63) is 40.8 Å². The summed E-state index contributed by atoms with van der Waals surface area (Å²) >= 11 is 0. The molecule has 0 aliphatic rings. The van der Waals surface area contributed by atoms with Crippen LogP contribution in [0, 0.1) is 19.7 Å². The van der Waals surface area contributed by atoms with Crippen molar-refractivity contribution < 1.29 is 4.39 Å². The Hall–Kier alpha value is -1.97. The maximum absolute atomic E-state index is 13.6. The molecule has 2 rings (SSSR count). The second kappa shape index (κ2) is 6.66. The summed E-state index contributed by atoms with van der Waals surface area (Å²) in [6, 6.07) is 4.90. The minimum Gasteiger partial charge on any atom is -0.370 e. The van der Waals surface area contributed by atoms with Crippen molar-refractivity contribution in [2.24, 2.45) is 0 Å². The highest BCUT2D eigenvalue weighted by Gasteiger charge is 2.12. The van der Waals surface area contributed by atoms with Crippen molar-refractivity contribution >= 4 is 5.82 Å². The molecule has 0 aliphatic carbocycles. The monoisotopic (exact) mass is 287 g/mol. The van der Waals surface area contributed by atoms with Crippen LogP contribution in [0.3, 0.4) is 0 Å². The highest BCUT2D eigenvalue weighted by Crippen LogP contribution is 2.24. The standard InChI is InChI=1S/C17H22FN3/c1-5-7-19-17-15(6-2)12(4)20-16(21-17)13-8-11(3)9-14(18)10-13/h8-10H,5-7H2,1-4H3,(H,19,20,21). The number of hydrogen-bond donors (Lipinski definition) is 1. The first-order valence-electron chi connectivity index (χ1n) is 7.44. The van der Waals surface area contributed by atoms with Crippen LogP contribution in [-0.4, -0.2) is 16.5 Å². The van der Waals surface area contributed by atoms with Gasteiger partial charge in [0.05, 0.1) is 0 Å². The lowest BCUT2D eigenvalue weighted by Crippen LogP contribution is -2.09. The Kier molecular flexibility index (Phi) is 4.89. The van der Waals surface area contributed by atoms with Gasteiger partial charge in [-0.15, -0.1) is 0 Å². The molecule has 0 bridgehead atoms. The molecule has 0 spiro atoms. The Morgan fingerprint density at radius 2 is 1.86 bits per heavy atom. The molecule has 0 unspecified atom stereocenters. The van der Waals surface area contributed by atoms with Crippen LogP contribution in [0.15, 0.2) is 18.2 Å². The average molecular weight is 287 g/mol. The van der Waals surface area contributed by atoms with Crippen LogP contribution in [-0.2, 0) is 6.42 Å². The van der Waals surface area contributed by atoms with Gasteiger partial charge in [0.1, 0.15) is 11.6 Å². The van der Waals surface area contributed by atoms with Crippen LogP contribution >= 0.6 is 0 Å². The second-order valence-electron chi connectivity index (χ2n) is 5.26. The molecule has 0 saturated heterocycles. The molecule has 21 heavy (non-hydrogen) atoms. The second-order valence-corrected chi connectivity index (χ2v) is 5.26. The predicted molar refractivity (Wildman–Crippen MR) is 85.1 cm³/mol. The van der Waals surface area contributed by atoms with Crippen LogP contribution in [0.5, 0.6) is 0 Å². The first kappa shape index (κ1) is 15.4. The van der Waals surface area contributed by atoms with Crippen LogP contribution in [0.4, 0.5) is 10.2 Å². The van der Waals surface area contributed by atoms with Gasteiger partial charge in [-0.1, -0.05) is 13.8 Å². The van der Waals surface area contributed by atoms with Gasteiger partial charge in [-0.3, -0.25) is 0 Å². The van der Waals surface area contributed by atoms with E-state index in [2.05, 4.69) is 29.1 Å². The van der Waals surface area contributed by atoms with Crippen molar-refractivity contribution in [1.29, 1.82) is 0 Å². The molecule has 0 amide bonds. The fourth-order valence-electron chi connectivity index (χ4n) is 2.40. The Bertz CT molecular complexity index is 618. The van der Waals surface area contributed by atoms with Crippen molar-refractivity contribution in [3.8, 4) is 11.4 Å². The predicted octanol–water partition coefficient (Wildman–Crippen LogP) is 4.28.